The highest BCUT2D eigenvalue weighted by Gasteiger charge is 2.34. The maximum absolute atomic E-state index is 11.5. The molecule has 0 aromatic heterocycles. The minimum atomic E-state index is -0.387. The fourth-order valence-electron chi connectivity index (χ4n) is 4.16. The molecule has 0 rings (SSSR count). The lowest BCUT2D eigenvalue weighted by Crippen LogP contribution is -2.38. The molecule has 1 nitrogen and oxygen atoms in total. The molecule has 0 bridgehead atoms. The molecule has 0 aliphatic rings. The fraction of sp³-hybridized carbons (Fsp3) is 1.00. The van der Waals surface area contributed by atoms with E-state index in [2.05, 4.69) is 27.7 Å². The van der Waals surface area contributed by atoms with Crippen molar-refractivity contribution in [3.8, 4) is 0 Å². The van der Waals surface area contributed by atoms with Crippen molar-refractivity contribution in [3.05, 3.63) is 0 Å². The Morgan fingerprint density at radius 2 is 0.920 bits per heavy atom. The molecule has 0 saturated heterocycles. The van der Waals surface area contributed by atoms with Gasteiger partial charge in [0.1, 0.15) is 0 Å². The van der Waals surface area contributed by atoms with Crippen LogP contribution in [0.1, 0.15) is 143 Å². The SMILES string of the molecule is CCCCCCCCCCC(CCCC)C(O)(CCCC)CCCC. The van der Waals surface area contributed by atoms with E-state index in [1.54, 1.807) is 0 Å². The van der Waals surface area contributed by atoms with E-state index >= 15 is 0 Å². The number of hydrogen-bond acceptors (Lipinski definition) is 1. The lowest BCUT2D eigenvalue weighted by molar-refractivity contribution is -0.0449. The molecule has 0 saturated carbocycles. The van der Waals surface area contributed by atoms with Gasteiger partial charge in [0, 0.05) is 0 Å². The second-order valence-corrected chi connectivity index (χ2v) is 8.41. The summed E-state index contributed by atoms with van der Waals surface area (Å²) in [6.45, 7) is 9.07. The Labute approximate surface area is 160 Å². The van der Waals surface area contributed by atoms with Crippen molar-refractivity contribution >= 4 is 0 Å². The molecule has 1 heteroatoms. The Hall–Kier alpha value is -0.0400. The first-order valence-corrected chi connectivity index (χ1v) is 11.9. The largest absolute Gasteiger partial charge is 0.390 e. The zero-order valence-electron chi connectivity index (χ0n) is 18.3. The summed E-state index contributed by atoms with van der Waals surface area (Å²) >= 11 is 0. The first-order valence-electron chi connectivity index (χ1n) is 11.9. The van der Waals surface area contributed by atoms with Crippen molar-refractivity contribution in [3.63, 3.8) is 0 Å². The van der Waals surface area contributed by atoms with Crippen LogP contribution in [0.15, 0.2) is 0 Å². The Bertz CT molecular complexity index is 253. The van der Waals surface area contributed by atoms with Gasteiger partial charge in [0.2, 0.25) is 0 Å². The van der Waals surface area contributed by atoms with E-state index in [1.165, 1.54) is 103 Å². The highest BCUT2D eigenvalue weighted by molar-refractivity contribution is 4.86. The topological polar surface area (TPSA) is 20.2 Å². The maximum Gasteiger partial charge on any atom is 0.0675 e. The Morgan fingerprint density at radius 1 is 0.520 bits per heavy atom. The molecular weight excluding hydrogens is 304 g/mol. The van der Waals surface area contributed by atoms with Gasteiger partial charge in [-0.1, -0.05) is 118 Å². The summed E-state index contributed by atoms with van der Waals surface area (Å²) in [5.74, 6) is 0.533. The van der Waals surface area contributed by atoms with Crippen LogP contribution in [0.4, 0.5) is 0 Å². The Balaban J connectivity index is 4.35. The summed E-state index contributed by atoms with van der Waals surface area (Å²) in [6.07, 6.45) is 22.9. The van der Waals surface area contributed by atoms with Crippen molar-refractivity contribution in [2.75, 3.05) is 0 Å². The molecule has 1 unspecified atom stereocenters. The third kappa shape index (κ3) is 12.9. The average molecular weight is 355 g/mol. The standard InChI is InChI=1S/C24H50O/c1-5-9-13-14-15-16-17-18-20-23(19-10-6-2)24(25,21-11-7-3)22-12-8-4/h23,25H,5-22H2,1-4H3. The molecule has 1 N–H and O–H groups in total. The highest BCUT2D eigenvalue weighted by atomic mass is 16.3. The van der Waals surface area contributed by atoms with Crippen LogP contribution < -0.4 is 0 Å². The third-order valence-corrected chi connectivity index (χ3v) is 6.00. The summed E-state index contributed by atoms with van der Waals surface area (Å²) in [4.78, 5) is 0. The van der Waals surface area contributed by atoms with Crippen LogP contribution in [-0.2, 0) is 0 Å². The van der Waals surface area contributed by atoms with E-state index < -0.39 is 0 Å². The minimum Gasteiger partial charge on any atom is -0.390 e. The zero-order valence-corrected chi connectivity index (χ0v) is 18.3. The lowest BCUT2D eigenvalue weighted by Gasteiger charge is -2.37. The van der Waals surface area contributed by atoms with Crippen molar-refractivity contribution in [1.29, 1.82) is 0 Å². The van der Waals surface area contributed by atoms with Gasteiger partial charge in [0.05, 0.1) is 5.60 Å². The van der Waals surface area contributed by atoms with Crippen LogP contribution in [0.2, 0.25) is 0 Å². The van der Waals surface area contributed by atoms with Gasteiger partial charge in [-0.3, -0.25) is 0 Å². The van der Waals surface area contributed by atoms with Crippen LogP contribution in [0, 0.1) is 5.92 Å². The first kappa shape index (κ1) is 25.0. The molecular formula is C24H50O. The van der Waals surface area contributed by atoms with E-state index in [4.69, 9.17) is 0 Å². The van der Waals surface area contributed by atoms with Gasteiger partial charge in [-0.05, 0) is 31.6 Å². The summed E-state index contributed by atoms with van der Waals surface area (Å²) < 4.78 is 0. The Morgan fingerprint density at radius 3 is 1.40 bits per heavy atom. The first-order chi connectivity index (χ1) is 12.1. The van der Waals surface area contributed by atoms with Crippen LogP contribution >= 0.6 is 0 Å². The molecule has 152 valence electrons. The zero-order chi connectivity index (χ0) is 18.8. The van der Waals surface area contributed by atoms with Gasteiger partial charge in [0.15, 0.2) is 0 Å². The van der Waals surface area contributed by atoms with Crippen molar-refractivity contribution in [1.82, 2.24) is 0 Å². The molecule has 0 aromatic carbocycles. The fourth-order valence-corrected chi connectivity index (χ4v) is 4.16. The van der Waals surface area contributed by atoms with Crippen LogP contribution in [0.3, 0.4) is 0 Å². The van der Waals surface area contributed by atoms with Crippen LogP contribution in [0.5, 0.6) is 0 Å². The third-order valence-electron chi connectivity index (χ3n) is 6.00. The number of hydrogen-bond donors (Lipinski definition) is 1. The quantitative estimate of drug-likeness (QED) is 0.231. The maximum atomic E-state index is 11.5. The lowest BCUT2D eigenvalue weighted by atomic mass is 9.74. The summed E-state index contributed by atoms with van der Waals surface area (Å²) in [5.41, 5.74) is -0.387. The number of aliphatic hydroxyl groups is 1. The summed E-state index contributed by atoms with van der Waals surface area (Å²) in [5, 5.41) is 11.5. The predicted octanol–water partition coefficient (Wildman–Crippen LogP) is 8.44. The molecule has 0 aliphatic carbocycles. The Kier molecular flexibility index (Phi) is 17.3. The van der Waals surface area contributed by atoms with Crippen LogP contribution in [-0.4, -0.2) is 10.7 Å². The number of rotatable bonds is 19. The van der Waals surface area contributed by atoms with E-state index in [-0.39, 0.29) is 5.60 Å². The molecule has 0 radical (unpaired) electrons. The van der Waals surface area contributed by atoms with E-state index in [9.17, 15) is 5.11 Å². The molecule has 0 heterocycles. The van der Waals surface area contributed by atoms with E-state index in [0.717, 1.165) is 12.8 Å². The van der Waals surface area contributed by atoms with Gasteiger partial charge >= 0.3 is 0 Å². The molecule has 0 fully saturated rings. The monoisotopic (exact) mass is 354 g/mol. The highest BCUT2D eigenvalue weighted by Crippen LogP contribution is 2.36. The van der Waals surface area contributed by atoms with Gasteiger partial charge in [0.25, 0.3) is 0 Å². The van der Waals surface area contributed by atoms with Gasteiger partial charge in [-0.2, -0.15) is 0 Å². The van der Waals surface area contributed by atoms with Crippen molar-refractivity contribution in [2.24, 2.45) is 5.92 Å². The predicted molar refractivity (Wildman–Crippen MR) is 114 cm³/mol. The minimum absolute atomic E-state index is 0.387. The molecule has 0 amide bonds. The average Bonchev–Trinajstić information content (AvgIpc) is 2.62. The molecule has 1 atom stereocenters. The summed E-state index contributed by atoms with van der Waals surface area (Å²) in [7, 11) is 0. The van der Waals surface area contributed by atoms with Crippen LogP contribution in [0.25, 0.3) is 0 Å². The molecule has 0 aliphatic heterocycles. The molecule has 25 heavy (non-hydrogen) atoms. The van der Waals surface area contributed by atoms with Crippen molar-refractivity contribution < 1.29 is 5.11 Å². The normalized spacial score (nSPS) is 13.3. The second-order valence-electron chi connectivity index (χ2n) is 8.41. The summed E-state index contributed by atoms with van der Waals surface area (Å²) in [6, 6.07) is 0. The van der Waals surface area contributed by atoms with Gasteiger partial charge < -0.3 is 5.11 Å². The smallest absolute Gasteiger partial charge is 0.0675 e. The second kappa shape index (κ2) is 17.4. The van der Waals surface area contributed by atoms with Gasteiger partial charge in [-0.25, -0.2) is 0 Å². The van der Waals surface area contributed by atoms with Gasteiger partial charge in [-0.15, -0.1) is 0 Å². The van der Waals surface area contributed by atoms with E-state index in [1.807, 2.05) is 0 Å². The molecule has 0 spiro atoms. The van der Waals surface area contributed by atoms with Crippen molar-refractivity contribution in [2.45, 2.75) is 149 Å². The van der Waals surface area contributed by atoms with E-state index in [0.29, 0.717) is 5.92 Å². The number of unbranched alkanes of at least 4 members (excludes halogenated alkanes) is 10. The molecule has 0 aromatic rings.